The molecule has 0 amide bonds. The zero-order valence-electron chi connectivity index (χ0n) is 14.5. The fourth-order valence-corrected chi connectivity index (χ4v) is 3.27. The molecule has 1 fully saturated rings. The number of rotatable bonds is 3. The van der Waals surface area contributed by atoms with Crippen molar-refractivity contribution in [3.63, 3.8) is 0 Å². The van der Waals surface area contributed by atoms with E-state index in [1.54, 1.807) is 16.8 Å². The smallest absolute Gasteiger partial charge is 0.171 e. The summed E-state index contributed by atoms with van der Waals surface area (Å²) in [6.45, 7) is 4.17. The summed E-state index contributed by atoms with van der Waals surface area (Å²) in [4.78, 5) is 10.9. The van der Waals surface area contributed by atoms with E-state index in [1.807, 2.05) is 44.2 Å². The highest BCUT2D eigenvalue weighted by molar-refractivity contribution is 5.89. The molecule has 4 rings (SSSR count). The molecule has 1 aromatic heterocycles. The molecule has 2 heterocycles. The Hall–Kier alpha value is -3.01. The first kappa shape index (κ1) is 16.5. The van der Waals surface area contributed by atoms with Gasteiger partial charge in [-0.3, -0.25) is 4.79 Å². The van der Waals surface area contributed by atoms with Crippen molar-refractivity contribution in [2.75, 3.05) is 6.61 Å². The second kappa shape index (κ2) is 6.06. The maximum absolute atomic E-state index is 10.9. The number of nitrogens with zero attached hydrogens (tertiary/aromatic N) is 3. The van der Waals surface area contributed by atoms with Crippen molar-refractivity contribution in [1.82, 2.24) is 9.78 Å². The number of ether oxygens (including phenoxy) is 2. The standard InChI is InChI=1S/C20H17N3O3/c1-20(2)25-12-18(26-20)15-4-3-5-17-19(15)16(10-21)22-23(17)14-8-6-13(11-24)7-9-14/h3-9,11,18H,12H2,1-2H3. The highest BCUT2D eigenvalue weighted by Gasteiger charge is 2.35. The monoisotopic (exact) mass is 347 g/mol. The Labute approximate surface area is 150 Å². The van der Waals surface area contributed by atoms with Gasteiger partial charge in [0, 0.05) is 10.9 Å². The topological polar surface area (TPSA) is 77.1 Å². The van der Waals surface area contributed by atoms with Crippen molar-refractivity contribution in [2.24, 2.45) is 0 Å². The van der Waals surface area contributed by atoms with E-state index >= 15 is 0 Å². The minimum atomic E-state index is -0.652. The normalized spacial score (nSPS) is 18.7. The zero-order valence-corrected chi connectivity index (χ0v) is 14.5. The average molecular weight is 347 g/mol. The molecule has 0 radical (unpaired) electrons. The van der Waals surface area contributed by atoms with Crippen LogP contribution in [0.5, 0.6) is 0 Å². The largest absolute Gasteiger partial charge is 0.347 e. The molecule has 1 aliphatic rings. The predicted octanol–water partition coefficient (Wildman–Crippen LogP) is 3.53. The summed E-state index contributed by atoms with van der Waals surface area (Å²) in [6, 6.07) is 15.0. The van der Waals surface area contributed by atoms with Gasteiger partial charge < -0.3 is 9.47 Å². The number of benzene rings is 2. The van der Waals surface area contributed by atoms with Gasteiger partial charge in [0.15, 0.2) is 11.5 Å². The SMILES string of the molecule is CC1(C)OCC(c2cccc3c2c(C#N)nn3-c2ccc(C=O)cc2)O1. The van der Waals surface area contributed by atoms with Crippen LogP contribution in [0.4, 0.5) is 0 Å². The molecule has 1 unspecified atom stereocenters. The van der Waals surface area contributed by atoms with E-state index in [0.717, 1.165) is 28.4 Å². The third-order valence-electron chi connectivity index (χ3n) is 4.47. The van der Waals surface area contributed by atoms with Crippen molar-refractivity contribution < 1.29 is 14.3 Å². The summed E-state index contributed by atoms with van der Waals surface area (Å²) >= 11 is 0. The molecule has 0 saturated carbocycles. The second-order valence-electron chi connectivity index (χ2n) is 6.64. The molecule has 0 N–H and O–H groups in total. The van der Waals surface area contributed by atoms with Crippen molar-refractivity contribution in [1.29, 1.82) is 5.26 Å². The van der Waals surface area contributed by atoms with E-state index in [2.05, 4.69) is 11.2 Å². The molecule has 2 aromatic carbocycles. The molecule has 6 heteroatoms. The Kier molecular flexibility index (Phi) is 3.83. The maximum Gasteiger partial charge on any atom is 0.171 e. The summed E-state index contributed by atoms with van der Waals surface area (Å²) in [6.07, 6.45) is 0.541. The number of aromatic nitrogens is 2. The van der Waals surface area contributed by atoms with Gasteiger partial charge in [0.25, 0.3) is 0 Å². The highest BCUT2D eigenvalue weighted by Crippen LogP contribution is 2.37. The third-order valence-corrected chi connectivity index (χ3v) is 4.47. The lowest BCUT2D eigenvalue weighted by atomic mass is 10.0. The summed E-state index contributed by atoms with van der Waals surface area (Å²) in [7, 11) is 0. The van der Waals surface area contributed by atoms with Crippen LogP contribution in [0, 0.1) is 11.3 Å². The van der Waals surface area contributed by atoms with Crippen LogP contribution in [0.2, 0.25) is 0 Å². The maximum atomic E-state index is 10.9. The number of aldehydes is 1. The molecule has 0 bridgehead atoms. The van der Waals surface area contributed by atoms with Gasteiger partial charge in [-0.25, -0.2) is 4.68 Å². The Morgan fingerprint density at radius 1 is 1.27 bits per heavy atom. The molecule has 1 aliphatic heterocycles. The van der Waals surface area contributed by atoms with E-state index < -0.39 is 5.79 Å². The van der Waals surface area contributed by atoms with Crippen LogP contribution in [-0.2, 0) is 9.47 Å². The second-order valence-corrected chi connectivity index (χ2v) is 6.64. The predicted molar refractivity (Wildman–Crippen MR) is 95.0 cm³/mol. The molecular weight excluding hydrogens is 330 g/mol. The molecule has 0 spiro atoms. The van der Waals surface area contributed by atoms with Gasteiger partial charge in [0.05, 0.1) is 17.8 Å². The van der Waals surface area contributed by atoms with Crippen molar-refractivity contribution in [3.05, 3.63) is 59.3 Å². The number of nitriles is 1. The first-order valence-corrected chi connectivity index (χ1v) is 8.31. The van der Waals surface area contributed by atoms with Gasteiger partial charge >= 0.3 is 0 Å². The van der Waals surface area contributed by atoms with Gasteiger partial charge in [-0.05, 0) is 49.7 Å². The summed E-state index contributed by atoms with van der Waals surface area (Å²) in [5.74, 6) is -0.652. The zero-order chi connectivity index (χ0) is 18.3. The van der Waals surface area contributed by atoms with Crippen LogP contribution in [0.25, 0.3) is 16.6 Å². The van der Waals surface area contributed by atoms with E-state index in [9.17, 15) is 10.1 Å². The van der Waals surface area contributed by atoms with Crippen molar-refractivity contribution in [3.8, 4) is 11.8 Å². The fourth-order valence-electron chi connectivity index (χ4n) is 3.27. The first-order chi connectivity index (χ1) is 12.5. The van der Waals surface area contributed by atoms with E-state index in [4.69, 9.17) is 9.47 Å². The van der Waals surface area contributed by atoms with Gasteiger partial charge in [0.1, 0.15) is 18.5 Å². The molecule has 0 aliphatic carbocycles. The molecule has 6 nitrogen and oxygen atoms in total. The van der Waals surface area contributed by atoms with Gasteiger partial charge in [0.2, 0.25) is 0 Å². The molecule has 1 saturated heterocycles. The third kappa shape index (κ3) is 2.68. The van der Waals surface area contributed by atoms with Crippen LogP contribution in [-0.4, -0.2) is 28.5 Å². The summed E-state index contributed by atoms with van der Waals surface area (Å²) in [5, 5.41) is 14.8. The van der Waals surface area contributed by atoms with E-state index in [1.165, 1.54) is 0 Å². The number of carbonyl (C=O) groups is 1. The van der Waals surface area contributed by atoms with E-state index in [-0.39, 0.29) is 6.10 Å². The minimum Gasteiger partial charge on any atom is -0.347 e. The number of hydrogen-bond donors (Lipinski definition) is 0. The minimum absolute atomic E-state index is 0.254. The molecule has 130 valence electrons. The van der Waals surface area contributed by atoms with Gasteiger partial charge in [-0.15, -0.1) is 0 Å². The Morgan fingerprint density at radius 2 is 2.04 bits per heavy atom. The van der Waals surface area contributed by atoms with Gasteiger partial charge in [-0.1, -0.05) is 12.1 Å². The van der Waals surface area contributed by atoms with Crippen LogP contribution in [0.3, 0.4) is 0 Å². The molecule has 26 heavy (non-hydrogen) atoms. The Morgan fingerprint density at radius 3 is 2.65 bits per heavy atom. The number of carbonyl (C=O) groups excluding carboxylic acids is 1. The molecule has 3 aromatic rings. The Bertz CT molecular complexity index is 1030. The molecular formula is C20H17N3O3. The fraction of sp³-hybridized carbons (Fsp3) is 0.250. The lowest BCUT2D eigenvalue weighted by Crippen LogP contribution is -2.19. The summed E-state index contributed by atoms with van der Waals surface area (Å²) in [5.41, 5.74) is 3.41. The number of fused-ring (bicyclic) bond motifs is 1. The first-order valence-electron chi connectivity index (χ1n) is 8.31. The highest BCUT2D eigenvalue weighted by atomic mass is 16.7. The Balaban J connectivity index is 1.88. The lowest BCUT2D eigenvalue weighted by Gasteiger charge is -2.17. The quantitative estimate of drug-likeness (QED) is 0.677. The van der Waals surface area contributed by atoms with Crippen molar-refractivity contribution >= 4 is 17.2 Å². The lowest BCUT2D eigenvalue weighted by molar-refractivity contribution is -0.138. The summed E-state index contributed by atoms with van der Waals surface area (Å²) < 4.78 is 13.4. The van der Waals surface area contributed by atoms with Crippen LogP contribution in [0.1, 0.15) is 41.6 Å². The number of hydrogen-bond acceptors (Lipinski definition) is 5. The van der Waals surface area contributed by atoms with Crippen LogP contribution < -0.4 is 0 Å². The van der Waals surface area contributed by atoms with Crippen LogP contribution in [0.15, 0.2) is 42.5 Å². The average Bonchev–Trinajstić information content (AvgIpc) is 3.21. The van der Waals surface area contributed by atoms with Crippen molar-refractivity contribution in [2.45, 2.75) is 25.7 Å². The van der Waals surface area contributed by atoms with Crippen LogP contribution >= 0.6 is 0 Å². The molecule has 1 atom stereocenters. The van der Waals surface area contributed by atoms with E-state index in [0.29, 0.717) is 17.9 Å². The van der Waals surface area contributed by atoms with Gasteiger partial charge in [-0.2, -0.15) is 10.4 Å².